The van der Waals surface area contributed by atoms with Crippen molar-refractivity contribution in [2.45, 2.75) is 38.6 Å². The third-order valence-electron chi connectivity index (χ3n) is 2.94. The summed E-state index contributed by atoms with van der Waals surface area (Å²) in [6, 6.07) is 4.48. The molecule has 14 heavy (non-hydrogen) atoms. The van der Waals surface area contributed by atoms with E-state index in [0.29, 0.717) is 0 Å². The van der Waals surface area contributed by atoms with Gasteiger partial charge in [0, 0.05) is 10.0 Å². The second kappa shape index (κ2) is 3.35. The molecule has 0 atom stereocenters. The fourth-order valence-corrected chi connectivity index (χ4v) is 2.11. The molecule has 2 heteroatoms. The molecule has 1 nitrogen and oxygen atoms in total. The van der Waals surface area contributed by atoms with Crippen molar-refractivity contribution in [1.82, 2.24) is 0 Å². The Labute approximate surface area is 93.8 Å². The van der Waals surface area contributed by atoms with Gasteiger partial charge >= 0.3 is 0 Å². The molecule has 0 bridgehead atoms. The molecule has 0 amide bonds. The minimum atomic E-state index is 0.118. The Morgan fingerprint density at radius 1 is 1.29 bits per heavy atom. The van der Waals surface area contributed by atoms with Crippen LogP contribution in [0.5, 0.6) is 0 Å². The molecule has 2 N–H and O–H groups in total. The number of nitrogens with two attached hydrogens (primary N) is 1. The Morgan fingerprint density at radius 3 is 2.21 bits per heavy atom. The highest BCUT2D eigenvalue weighted by molar-refractivity contribution is 9.10. The predicted octanol–water partition coefficient (Wildman–Crippen LogP) is 3.10. The Bertz CT molecular complexity index is 344. The molecule has 76 valence electrons. The Hall–Kier alpha value is -0.340. The van der Waals surface area contributed by atoms with Crippen molar-refractivity contribution in [3.8, 4) is 0 Å². The molecule has 1 fully saturated rings. The lowest BCUT2D eigenvalue weighted by molar-refractivity contribution is 0.671. The van der Waals surface area contributed by atoms with Crippen LogP contribution in [0.1, 0.15) is 29.5 Å². The lowest BCUT2D eigenvalue weighted by atomic mass is 10.0. The Morgan fingerprint density at radius 2 is 1.79 bits per heavy atom. The monoisotopic (exact) mass is 253 g/mol. The summed E-state index contributed by atoms with van der Waals surface area (Å²) in [6.45, 7) is 4.27. The number of benzene rings is 1. The standard InChI is InChI=1S/C12H16BrN/c1-8-5-10(6-9(2)11(8)13)7-12(14)3-4-12/h5-6H,3-4,7,14H2,1-2H3. The topological polar surface area (TPSA) is 26.0 Å². The molecule has 0 saturated heterocycles. The van der Waals surface area contributed by atoms with Gasteiger partial charge in [-0.3, -0.25) is 0 Å². The van der Waals surface area contributed by atoms with Gasteiger partial charge in [0.05, 0.1) is 0 Å². The molecule has 0 radical (unpaired) electrons. The maximum absolute atomic E-state index is 6.11. The van der Waals surface area contributed by atoms with E-state index in [4.69, 9.17) is 5.73 Å². The van der Waals surface area contributed by atoms with E-state index in [1.807, 2.05) is 0 Å². The summed E-state index contributed by atoms with van der Waals surface area (Å²) in [4.78, 5) is 0. The van der Waals surface area contributed by atoms with Crippen molar-refractivity contribution < 1.29 is 0 Å². The highest BCUT2D eigenvalue weighted by Crippen LogP contribution is 2.36. The zero-order chi connectivity index (χ0) is 10.3. The van der Waals surface area contributed by atoms with Gasteiger partial charge in [0.2, 0.25) is 0 Å². The lowest BCUT2D eigenvalue weighted by Gasteiger charge is -2.11. The van der Waals surface area contributed by atoms with E-state index < -0.39 is 0 Å². The van der Waals surface area contributed by atoms with Gasteiger partial charge in [0.1, 0.15) is 0 Å². The van der Waals surface area contributed by atoms with Gasteiger partial charge in [-0.15, -0.1) is 0 Å². The number of halogens is 1. The van der Waals surface area contributed by atoms with Crippen molar-refractivity contribution in [2.24, 2.45) is 5.73 Å². The Kier molecular flexibility index (Phi) is 2.44. The van der Waals surface area contributed by atoms with E-state index in [9.17, 15) is 0 Å². The largest absolute Gasteiger partial charge is 0.325 e. The average Bonchev–Trinajstić information content (AvgIpc) is 2.79. The molecular weight excluding hydrogens is 238 g/mol. The molecule has 2 rings (SSSR count). The second-order valence-electron chi connectivity index (χ2n) is 4.58. The van der Waals surface area contributed by atoms with Crippen molar-refractivity contribution >= 4 is 15.9 Å². The van der Waals surface area contributed by atoms with Crippen LogP contribution in [0.2, 0.25) is 0 Å². The van der Waals surface area contributed by atoms with E-state index in [2.05, 4.69) is 41.9 Å². The summed E-state index contributed by atoms with van der Waals surface area (Å²) in [5, 5.41) is 0. The van der Waals surface area contributed by atoms with Crippen molar-refractivity contribution in [2.75, 3.05) is 0 Å². The summed E-state index contributed by atoms with van der Waals surface area (Å²) in [6.07, 6.45) is 3.39. The third kappa shape index (κ3) is 2.01. The first-order valence-electron chi connectivity index (χ1n) is 5.05. The van der Waals surface area contributed by atoms with Gasteiger partial charge in [0.25, 0.3) is 0 Å². The maximum atomic E-state index is 6.11. The summed E-state index contributed by atoms with van der Waals surface area (Å²) in [5.41, 5.74) is 10.2. The van der Waals surface area contributed by atoms with E-state index in [1.54, 1.807) is 0 Å². The molecule has 0 heterocycles. The summed E-state index contributed by atoms with van der Waals surface area (Å²) < 4.78 is 1.23. The summed E-state index contributed by atoms with van der Waals surface area (Å²) in [5.74, 6) is 0. The van der Waals surface area contributed by atoms with Gasteiger partial charge in [-0.05, 0) is 49.8 Å². The fourth-order valence-electron chi connectivity index (χ4n) is 1.88. The van der Waals surface area contributed by atoms with Gasteiger partial charge < -0.3 is 5.73 Å². The first-order valence-corrected chi connectivity index (χ1v) is 5.84. The highest BCUT2D eigenvalue weighted by atomic mass is 79.9. The zero-order valence-corrected chi connectivity index (χ0v) is 10.3. The highest BCUT2D eigenvalue weighted by Gasteiger charge is 2.37. The molecule has 0 aliphatic heterocycles. The van der Waals surface area contributed by atoms with Gasteiger partial charge in [0.15, 0.2) is 0 Å². The smallest absolute Gasteiger partial charge is 0.0233 e. The van der Waals surface area contributed by atoms with E-state index >= 15 is 0 Å². The quantitative estimate of drug-likeness (QED) is 0.862. The van der Waals surface area contributed by atoms with Crippen LogP contribution >= 0.6 is 15.9 Å². The van der Waals surface area contributed by atoms with Crippen molar-refractivity contribution in [1.29, 1.82) is 0 Å². The normalized spacial score (nSPS) is 18.3. The number of rotatable bonds is 2. The molecule has 1 aromatic rings. The van der Waals surface area contributed by atoms with Crippen LogP contribution in [0.15, 0.2) is 16.6 Å². The van der Waals surface area contributed by atoms with Gasteiger partial charge in [-0.25, -0.2) is 0 Å². The van der Waals surface area contributed by atoms with Crippen LogP contribution in [0.25, 0.3) is 0 Å². The fraction of sp³-hybridized carbons (Fsp3) is 0.500. The van der Waals surface area contributed by atoms with Gasteiger partial charge in [-0.1, -0.05) is 28.1 Å². The SMILES string of the molecule is Cc1cc(CC2(N)CC2)cc(C)c1Br. The van der Waals surface area contributed by atoms with Crippen LogP contribution in [0, 0.1) is 13.8 Å². The summed E-state index contributed by atoms with van der Waals surface area (Å²) >= 11 is 3.58. The summed E-state index contributed by atoms with van der Waals surface area (Å²) in [7, 11) is 0. The van der Waals surface area contributed by atoms with Crippen LogP contribution < -0.4 is 5.73 Å². The first kappa shape index (κ1) is 10.2. The lowest BCUT2D eigenvalue weighted by Crippen LogP contribution is -2.24. The molecule has 0 spiro atoms. The number of aryl methyl sites for hydroxylation is 2. The predicted molar refractivity (Wildman–Crippen MR) is 63.5 cm³/mol. The van der Waals surface area contributed by atoms with Crippen molar-refractivity contribution in [3.63, 3.8) is 0 Å². The van der Waals surface area contributed by atoms with E-state index in [-0.39, 0.29) is 5.54 Å². The average molecular weight is 254 g/mol. The van der Waals surface area contributed by atoms with Crippen LogP contribution in [-0.4, -0.2) is 5.54 Å². The number of hydrogen-bond acceptors (Lipinski definition) is 1. The maximum Gasteiger partial charge on any atom is 0.0233 e. The molecular formula is C12H16BrN. The molecule has 0 aromatic heterocycles. The molecule has 1 aliphatic rings. The van der Waals surface area contributed by atoms with Crippen LogP contribution in [0.3, 0.4) is 0 Å². The third-order valence-corrected chi connectivity index (χ3v) is 4.20. The molecule has 1 aliphatic carbocycles. The van der Waals surface area contributed by atoms with Crippen LogP contribution in [-0.2, 0) is 6.42 Å². The minimum Gasteiger partial charge on any atom is -0.325 e. The van der Waals surface area contributed by atoms with Crippen LogP contribution in [0.4, 0.5) is 0 Å². The van der Waals surface area contributed by atoms with Gasteiger partial charge in [-0.2, -0.15) is 0 Å². The number of hydrogen-bond donors (Lipinski definition) is 1. The molecule has 0 unspecified atom stereocenters. The first-order chi connectivity index (χ1) is 6.50. The zero-order valence-electron chi connectivity index (χ0n) is 8.73. The van der Waals surface area contributed by atoms with E-state index in [0.717, 1.165) is 6.42 Å². The minimum absolute atomic E-state index is 0.118. The van der Waals surface area contributed by atoms with E-state index in [1.165, 1.54) is 34.0 Å². The molecule has 1 saturated carbocycles. The Balaban J connectivity index is 2.26. The van der Waals surface area contributed by atoms with Crippen molar-refractivity contribution in [3.05, 3.63) is 33.3 Å². The molecule has 1 aromatic carbocycles. The second-order valence-corrected chi connectivity index (χ2v) is 5.38.